The summed E-state index contributed by atoms with van der Waals surface area (Å²) in [5, 5.41) is 16.2. The molecule has 4 aromatic rings. The Hall–Kier alpha value is -5.07. The normalized spacial score (nSPS) is 11.8. The first kappa shape index (κ1) is 31.9. The molecule has 44 heavy (non-hydrogen) atoms. The van der Waals surface area contributed by atoms with Crippen LogP contribution in [-0.2, 0) is 21.3 Å². The van der Waals surface area contributed by atoms with Gasteiger partial charge in [0.25, 0.3) is 0 Å². The summed E-state index contributed by atoms with van der Waals surface area (Å²) in [7, 11) is -3.93. The van der Waals surface area contributed by atoms with E-state index in [0.29, 0.717) is 27.9 Å². The lowest BCUT2D eigenvalue weighted by Gasteiger charge is -2.26. The Balaban J connectivity index is 1.40. The third-order valence-electron chi connectivity index (χ3n) is 6.61. The number of pyridine rings is 1. The maximum absolute atomic E-state index is 13.2. The Labute approximate surface area is 256 Å². The van der Waals surface area contributed by atoms with Crippen LogP contribution in [0.1, 0.15) is 43.7 Å². The predicted molar refractivity (Wildman–Crippen MR) is 165 cm³/mol. The molecule has 0 aliphatic heterocycles. The summed E-state index contributed by atoms with van der Waals surface area (Å²) in [6.07, 6.45) is -0.379. The SMILES string of the molecule is CC(OC(=O)NC(=N)c1cccc(CN(C(=O)Oc2ccc(-c3ccccc3S(N)(=O)=O)cc2)C(C)C)c1)c1ccccn1. The molecule has 1 aromatic heterocycles. The smallest absolute Gasteiger partial charge is 0.415 e. The standard InChI is InChI=1S/C32H33N5O6S/c1-21(2)37(32(39)43-26-16-14-24(15-17-26)27-11-4-5-13-29(27)44(34,40)41)20-23-9-8-10-25(19-23)30(33)36-31(38)42-22(3)28-12-6-7-18-35-28/h4-19,21-22H,20H2,1-3H3,(H2,33,36,38)(H2,34,40,41). The molecule has 4 rings (SSSR count). The van der Waals surface area contributed by atoms with E-state index in [9.17, 15) is 18.0 Å². The zero-order valence-corrected chi connectivity index (χ0v) is 25.2. The molecule has 0 fully saturated rings. The molecule has 11 nitrogen and oxygen atoms in total. The van der Waals surface area contributed by atoms with E-state index in [4.69, 9.17) is 20.0 Å². The Kier molecular flexibility index (Phi) is 10.1. The zero-order valence-electron chi connectivity index (χ0n) is 24.4. The number of ether oxygens (including phenoxy) is 2. The minimum Gasteiger partial charge on any atom is -0.440 e. The monoisotopic (exact) mass is 615 g/mol. The number of rotatable bonds is 9. The van der Waals surface area contributed by atoms with E-state index in [2.05, 4.69) is 10.3 Å². The number of carbonyl (C=O) groups excluding carboxylic acids is 2. The van der Waals surface area contributed by atoms with Crippen LogP contribution >= 0.6 is 0 Å². The number of nitrogens with zero attached hydrogens (tertiary/aromatic N) is 2. The molecule has 0 bridgehead atoms. The van der Waals surface area contributed by atoms with Gasteiger partial charge < -0.3 is 14.4 Å². The van der Waals surface area contributed by atoms with E-state index in [0.717, 1.165) is 0 Å². The highest BCUT2D eigenvalue weighted by atomic mass is 32.2. The van der Waals surface area contributed by atoms with Crippen molar-refractivity contribution in [2.45, 2.75) is 44.4 Å². The molecule has 12 heteroatoms. The number of hydrogen-bond donors (Lipinski definition) is 3. The number of sulfonamides is 1. The molecular formula is C32H33N5O6S. The number of benzene rings is 3. The fourth-order valence-electron chi connectivity index (χ4n) is 4.34. The average Bonchev–Trinajstić information content (AvgIpc) is 3.00. The van der Waals surface area contributed by atoms with Gasteiger partial charge in [0.2, 0.25) is 10.0 Å². The van der Waals surface area contributed by atoms with Gasteiger partial charge in [-0.1, -0.05) is 54.6 Å². The van der Waals surface area contributed by atoms with Crippen molar-refractivity contribution in [1.82, 2.24) is 15.2 Å². The largest absolute Gasteiger partial charge is 0.440 e. The highest BCUT2D eigenvalue weighted by Crippen LogP contribution is 2.28. The lowest BCUT2D eigenvalue weighted by Crippen LogP contribution is -2.38. The highest BCUT2D eigenvalue weighted by molar-refractivity contribution is 7.89. The number of nitrogens with one attached hydrogen (secondary N) is 2. The maximum atomic E-state index is 13.2. The van der Waals surface area contributed by atoms with Gasteiger partial charge in [0.1, 0.15) is 17.7 Å². The summed E-state index contributed by atoms with van der Waals surface area (Å²) in [6.45, 7) is 5.56. The summed E-state index contributed by atoms with van der Waals surface area (Å²) in [6, 6.07) is 24.8. The van der Waals surface area contributed by atoms with Gasteiger partial charge >= 0.3 is 12.2 Å². The summed E-state index contributed by atoms with van der Waals surface area (Å²) in [4.78, 5) is 31.2. The third kappa shape index (κ3) is 8.27. The first-order valence-electron chi connectivity index (χ1n) is 13.7. The lowest BCUT2D eigenvalue weighted by molar-refractivity contribution is 0.110. The number of alkyl carbamates (subject to hydrolysis) is 1. The van der Waals surface area contributed by atoms with Crippen LogP contribution in [0.2, 0.25) is 0 Å². The van der Waals surface area contributed by atoms with Gasteiger partial charge in [0.05, 0.1) is 10.6 Å². The van der Waals surface area contributed by atoms with E-state index >= 15 is 0 Å². The average molecular weight is 616 g/mol. The molecule has 228 valence electrons. The second-order valence-corrected chi connectivity index (χ2v) is 11.7. The molecule has 4 N–H and O–H groups in total. The van der Waals surface area contributed by atoms with Crippen molar-refractivity contribution in [2.24, 2.45) is 5.14 Å². The molecular weight excluding hydrogens is 582 g/mol. The van der Waals surface area contributed by atoms with Crippen LogP contribution in [0.25, 0.3) is 11.1 Å². The molecule has 0 aliphatic carbocycles. The molecule has 2 amide bonds. The number of primary sulfonamides is 1. The van der Waals surface area contributed by atoms with Crippen LogP contribution in [0.4, 0.5) is 9.59 Å². The zero-order chi connectivity index (χ0) is 31.9. The molecule has 1 unspecified atom stereocenters. The number of aromatic nitrogens is 1. The van der Waals surface area contributed by atoms with Crippen LogP contribution in [0.5, 0.6) is 5.75 Å². The van der Waals surface area contributed by atoms with Crippen molar-refractivity contribution in [2.75, 3.05) is 0 Å². The molecule has 0 radical (unpaired) electrons. The first-order chi connectivity index (χ1) is 20.9. The molecule has 1 atom stereocenters. The van der Waals surface area contributed by atoms with Crippen LogP contribution < -0.4 is 15.2 Å². The van der Waals surface area contributed by atoms with Crippen LogP contribution in [0.3, 0.4) is 0 Å². The summed E-state index contributed by atoms with van der Waals surface area (Å²) < 4.78 is 34.9. The topological polar surface area (TPSA) is 165 Å². The fraction of sp³-hybridized carbons (Fsp3) is 0.188. The number of amidine groups is 1. The van der Waals surface area contributed by atoms with Crippen LogP contribution in [-0.4, -0.2) is 42.4 Å². The van der Waals surface area contributed by atoms with Gasteiger partial charge in [-0.05, 0) is 68.3 Å². The Morgan fingerprint density at radius 2 is 1.66 bits per heavy atom. The van der Waals surface area contributed by atoms with Gasteiger partial charge in [0.15, 0.2) is 0 Å². The van der Waals surface area contributed by atoms with Gasteiger partial charge in [0, 0.05) is 29.9 Å². The number of nitrogens with two attached hydrogens (primary N) is 1. The number of hydrogen-bond acceptors (Lipinski definition) is 8. The van der Waals surface area contributed by atoms with Gasteiger partial charge in [-0.3, -0.25) is 15.7 Å². The fourth-order valence-corrected chi connectivity index (χ4v) is 5.10. The van der Waals surface area contributed by atoms with Gasteiger partial charge in [-0.15, -0.1) is 0 Å². The maximum Gasteiger partial charge on any atom is 0.415 e. The summed E-state index contributed by atoms with van der Waals surface area (Å²) in [5.41, 5.74) is 2.76. The minimum absolute atomic E-state index is 0.00262. The lowest BCUT2D eigenvalue weighted by atomic mass is 10.1. The molecule has 0 saturated carbocycles. The molecule has 1 heterocycles. The minimum atomic E-state index is -3.93. The highest BCUT2D eigenvalue weighted by Gasteiger charge is 2.21. The first-order valence-corrected chi connectivity index (χ1v) is 15.2. The summed E-state index contributed by atoms with van der Waals surface area (Å²) in [5.74, 6) is 0.114. The Morgan fingerprint density at radius 1 is 0.955 bits per heavy atom. The van der Waals surface area contributed by atoms with Gasteiger partial charge in [-0.25, -0.2) is 23.1 Å². The second kappa shape index (κ2) is 13.9. The predicted octanol–water partition coefficient (Wildman–Crippen LogP) is 5.62. The third-order valence-corrected chi connectivity index (χ3v) is 7.57. The van der Waals surface area contributed by atoms with Crippen LogP contribution in [0, 0.1) is 5.41 Å². The van der Waals surface area contributed by atoms with E-state index < -0.39 is 28.3 Å². The number of carbonyl (C=O) groups is 2. The molecule has 0 aliphatic rings. The van der Waals surface area contributed by atoms with Crippen molar-refractivity contribution in [3.63, 3.8) is 0 Å². The molecule has 3 aromatic carbocycles. The number of amides is 2. The van der Waals surface area contributed by atoms with Crippen molar-refractivity contribution in [3.8, 4) is 16.9 Å². The van der Waals surface area contributed by atoms with Gasteiger partial charge in [-0.2, -0.15) is 0 Å². The van der Waals surface area contributed by atoms with E-state index in [1.54, 1.807) is 98.0 Å². The van der Waals surface area contributed by atoms with E-state index in [1.165, 1.54) is 11.0 Å². The quantitative estimate of drug-likeness (QED) is 0.162. The Bertz CT molecular complexity index is 1740. The molecule has 0 spiro atoms. The summed E-state index contributed by atoms with van der Waals surface area (Å²) >= 11 is 0. The van der Waals surface area contributed by atoms with Crippen LogP contribution in [0.15, 0.2) is 102 Å². The van der Waals surface area contributed by atoms with Crippen molar-refractivity contribution in [3.05, 3.63) is 114 Å². The second-order valence-electron chi connectivity index (χ2n) is 10.2. The van der Waals surface area contributed by atoms with Crippen molar-refractivity contribution >= 4 is 28.0 Å². The van der Waals surface area contributed by atoms with E-state index in [-0.39, 0.29) is 29.1 Å². The molecule has 0 saturated heterocycles. The van der Waals surface area contributed by atoms with Crippen molar-refractivity contribution < 1.29 is 27.5 Å². The van der Waals surface area contributed by atoms with E-state index in [1.807, 2.05) is 13.8 Å². The Morgan fingerprint density at radius 3 is 2.32 bits per heavy atom. The van der Waals surface area contributed by atoms with Crippen molar-refractivity contribution in [1.29, 1.82) is 5.41 Å².